The predicted octanol–water partition coefficient (Wildman–Crippen LogP) is 2.93. The highest BCUT2D eigenvalue weighted by Gasteiger charge is 2.40. The Bertz CT molecular complexity index is 705. The van der Waals surface area contributed by atoms with Gasteiger partial charge in [-0.15, -0.1) is 0 Å². The number of benzene rings is 1. The third kappa shape index (κ3) is 5.67. The zero-order valence-electron chi connectivity index (χ0n) is 17.0. The maximum absolute atomic E-state index is 11.2. The van der Waals surface area contributed by atoms with Gasteiger partial charge in [0.1, 0.15) is 29.8 Å². The number of ether oxygens (including phenoxy) is 2. The van der Waals surface area contributed by atoms with Crippen LogP contribution >= 0.6 is 0 Å². The van der Waals surface area contributed by atoms with Crippen LogP contribution in [0, 0.1) is 6.92 Å². The highest BCUT2D eigenvalue weighted by molar-refractivity contribution is 5.31. The summed E-state index contributed by atoms with van der Waals surface area (Å²) in [6.07, 6.45) is 2.64. The summed E-state index contributed by atoms with van der Waals surface area (Å²) in [6.45, 7) is 6.53. The largest absolute Gasteiger partial charge is 0.494 e. The molecular weight excluding hydrogens is 356 g/mol. The topological polar surface area (TPSA) is 97.8 Å². The Morgan fingerprint density at radius 3 is 2.21 bits per heavy atom. The van der Waals surface area contributed by atoms with Gasteiger partial charge in [-0.3, -0.25) is 4.98 Å². The summed E-state index contributed by atoms with van der Waals surface area (Å²) in [5.74, 6) is 1.38. The van der Waals surface area contributed by atoms with E-state index in [0.717, 1.165) is 17.9 Å². The number of hydrogen-bond donors (Lipinski definition) is 3. The maximum atomic E-state index is 11.2. The van der Waals surface area contributed by atoms with Crippen molar-refractivity contribution in [1.82, 2.24) is 4.98 Å². The molecule has 0 spiro atoms. The lowest BCUT2D eigenvalue weighted by Crippen LogP contribution is -2.54. The summed E-state index contributed by atoms with van der Waals surface area (Å²) in [4.78, 5) is 4.25. The Morgan fingerprint density at radius 1 is 1.04 bits per heavy atom. The average molecular weight is 389 g/mol. The van der Waals surface area contributed by atoms with Gasteiger partial charge < -0.3 is 25.4 Å². The van der Waals surface area contributed by atoms with Crippen molar-refractivity contribution in [3.8, 4) is 11.5 Å². The molecule has 154 valence electrons. The molecule has 1 aromatic heterocycles. The molecule has 3 atom stereocenters. The lowest BCUT2D eigenvalue weighted by atomic mass is 9.81. The van der Waals surface area contributed by atoms with E-state index < -0.39 is 17.7 Å². The van der Waals surface area contributed by atoms with Crippen molar-refractivity contribution >= 4 is 0 Å². The van der Waals surface area contributed by atoms with Gasteiger partial charge in [-0.1, -0.05) is 26.3 Å². The number of aliphatic hydroxyl groups is 2. The standard InChI is InChI=1S/C22H32N2O4/c1-4-12-22(26,17-7-6-16(3)24-14-17)21(23)20(25)15-28-19-10-8-18(9-11-19)27-13-5-2/h6-11,14,20-21,25-26H,4-5,12-13,15,23H2,1-3H3. The molecule has 28 heavy (non-hydrogen) atoms. The molecule has 0 amide bonds. The number of rotatable bonds is 11. The first kappa shape index (κ1) is 22.1. The third-order valence-corrected chi connectivity index (χ3v) is 4.73. The van der Waals surface area contributed by atoms with E-state index in [2.05, 4.69) is 11.9 Å². The molecule has 1 heterocycles. The molecule has 3 unspecified atom stereocenters. The van der Waals surface area contributed by atoms with Crippen molar-refractivity contribution in [3.05, 3.63) is 53.9 Å². The quantitative estimate of drug-likeness (QED) is 0.547. The van der Waals surface area contributed by atoms with Crippen LogP contribution in [0.25, 0.3) is 0 Å². The van der Waals surface area contributed by atoms with E-state index >= 15 is 0 Å². The number of aryl methyl sites for hydroxylation is 1. The van der Waals surface area contributed by atoms with Crippen molar-refractivity contribution in [2.45, 2.75) is 57.8 Å². The molecule has 0 fully saturated rings. The molecule has 6 nitrogen and oxygen atoms in total. The van der Waals surface area contributed by atoms with Crippen LogP contribution in [0.2, 0.25) is 0 Å². The summed E-state index contributed by atoms with van der Waals surface area (Å²) < 4.78 is 11.2. The van der Waals surface area contributed by atoms with Gasteiger partial charge in [0.25, 0.3) is 0 Å². The molecule has 6 heteroatoms. The van der Waals surface area contributed by atoms with Gasteiger partial charge in [0.15, 0.2) is 0 Å². The fourth-order valence-corrected chi connectivity index (χ4v) is 3.06. The first-order chi connectivity index (χ1) is 13.4. The van der Waals surface area contributed by atoms with Crippen LogP contribution in [0.3, 0.4) is 0 Å². The van der Waals surface area contributed by atoms with Crippen molar-refractivity contribution in [3.63, 3.8) is 0 Å². The van der Waals surface area contributed by atoms with Crippen LogP contribution in [0.1, 0.15) is 44.4 Å². The molecule has 0 bridgehead atoms. The van der Waals surface area contributed by atoms with Gasteiger partial charge in [-0.2, -0.15) is 0 Å². The van der Waals surface area contributed by atoms with Gasteiger partial charge in [0, 0.05) is 17.5 Å². The predicted molar refractivity (Wildman–Crippen MR) is 109 cm³/mol. The van der Waals surface area contributed by atoms with E-state index in [1.54, 1.807) is 24.4 Å². The van der Waals surface area contributed by atoms with Crippen LogP contribution in [0.4, 0.5) is 0 Å². The lowest BCUT2D eigenvalue weighted by Gasteiger charge is -2.36. The number of hydrogen-bond acceptors (Lipinski definition) is 6. The number of aliphatic hydroxyl groups excluding tert-OH is 1. The molecule has 2 rings (SSSR count). The van der Waals surface area contributed by atoms with Gasteiger partial charge in [-0.05, 0) is 50.1 Å². The maximum Gasteiger partial charge on any atom is 0.119 e. The number of nitrogens with zero attached hydrogens (tertiary/aromatic N) is 1. The van der Waals surface area contributed by atoms with Crippen LogP contribution in [-0.4, -0.2) is 40.6 Å². The molecule has 0 aliphatic carbocycles. The second-order valence-electron chi connectivity index (χ2n) is 7.09. The van der Waals surface area contributed by atoms with Crippen LogP contribution in [-0.2, 0) is 5.60 Å². The van der Waals surface area contributed by atoms with Crippen LogP contribution in [0.5, 0.6) is 11.5 Å². The summed E-state index contributed by atoms with van der Waals surface area (Å²) >= 11 is 0. The molecule has 0 aliphatic rings. The Hall–Kier alpha value is -2.15. The first-order valence-electron chi connectivity index (χ1n) is 9.85. The molecule has 0 aliphatic heterocycles. The molecule has 0 saturated heterocycles. The monoisotopic (exact) mass is 388 g/mol. The van der Waals surface area contributed by atoms with Gasteiger partial charge in [0.2, 0.25) is 0 Å². The number of pyridine rings is 1. The smallest absolute Gasteiger partial charge is 0.119 e. The van der Waals surface area contributed by atoms with Crippen LogP contribution < -0.4 is 15.2 Å². The summed E-state index contributed by atoms with van der Waals surface area (Å²) in [7, 11) is 0. The molecule has 0 saturated carbocycles. The molecule has 1 aromatic carbocycles. The summed E-state index contributed by atoms with van der Waals surface area (Å²) in [5, 5.41) is 21.8. The Kier molecular flexibility index (Phi) is 8.23. The Morgan fingerprint density at radius 2 is 1.68 bits per heavy atom. The van der Waals surface area contributed by atoms with E-state index in [4.69, 9.17) is 15.2 Å². The fourth-order valence-electron chi connectivity index (χ4n) is 3.06. The van der Waals surface area contributed by atoms with E-state index in [0.29, 0.717) is 30.8 Å². The van der Waals surface area contributed by atoms with Crippen molar-refractivity contribution < 1.29 is 19.7 Å². The summed E-state index contributed by atoms with van der Waals surface area (Å²) in [5.41, 5.74) is 6.34. The molecule has 2 aromatic rings. The van der Waals surface area contributed by atoms with Crippen molar-refractivity contribution in [1.29, 1.82) is 0 Å². The normalized spacial score (nSPS) is 15.5. The minimum Gasteiger partial charge on any atom is -0.494 e. The van der Waals surface area contributed by atoms with E-state index in [1.165, 1.54) is 0 Å². The van der Waals surface area contributed by atoms with Crippen LogP contribution in [0.15, 0.2) is 42.6 Å². The SMILES string of the molecule is CCCOc1ccc(OCC(O)C(N)C(O)(CCC)c2ccc(C)nc2)cc1. The van der Waals surface area contributed by atoms with Crippen molar-refractivity contribution in [2.24, 2.45) is 5.73 Å². The molecule has 4 N–H and O–H groups in total. The first-order valence-corrected chi connectivity index (χ1v) is 9.85. The molecule has 0 radical (unpaired) electrons. The summed E-state index contributed by atoms with van der Waals surface area (Å²) in [6, 6.07) is 9.93. The average Bonchev–Trinajstić information content (AvgIpc) is 2.71. The van der Waals surface area contributed by atoms with E-state index in [9.17, 15) is 10.2 Å². The fraction of sp³-hybridized carbons (Fsp3) is 0.500. The van der Waals surface area contributed by atoms with Crippen molar-refractivity contribution in [2.75, 3.05) is 13.2 Å². The highest BCUT2D eigenvalue weighted by atomic mass is 16.5. The minimum absolute atomic E-state index is 0.0261. The van der Waals surface area contributed by atoms with Gasteiger partial charge >= 0.3 is 0 Å². The Balaban J connectivity index is 2.02. The van der Waals surface area contributed by atoms with Gasteiger partial charge in [-0.25, -0.2) is 0 Å². The van der Waals surface area contributed by atoms with Gasteiger partial charge in [0.05, 0.1) is 12.6 Å². The molecular formula is C22H32N2O4. The van der Waals surface area contributed by atoms with E-state index in [-0.39, 0.29) is 6.61 Å². The number of nitrogens with two attached hydrogens (primary N) is 1. The highest BCUT2D eigenvalue weighted by Crippen LogP contribution is 2.31. The second-order valence-corrected chi connectivity index (χ2v) is 7.09. The minimum atomic E-state index is -1.38. The zero-order chi connectivity index (χ0) is 20.6. The zero-order valence-corrected chi connectivity index (χ0v) is 17.0. The number of aromatic nitrogens is 1. The van der Waals surface area contributed by atoms with E-state index in [1.807, 2.05) is 32.0 Å². The lowest BCUT2D eigenvalue weighted by molar-refractivity contribution is -0.0545. The second kappa shape index (κ2) is 10.4. The Labute approximate surface area is 167 Å². The third-order valence-electron chi connectivity index (χ3n) is 4.73.